The van der Waals surface area contributed by atoms with Crippen molar-refractivity contribution in [2.45, 2.75) is 31.4 Å². The molecule has 1 aromatic rings. The number of carbonyl (C=O) groups excluding carboxylic acids is 1. The van der Waals surface area contributed by atoms with Gasteiger partial charge in [-0.25, -0.2) is 0 Å². The first-order valence-corrected chi connectivity index (χ1v) is 6.85. The van der Waals surface area contributed by atoms with Gasteiger partial charge < -0.3 is 15.8 Å². The fourth-order valence-corrected chi connectivity index (χ4v) is 2.34. The van der Waals surface area contributed by atoms with Gasteiger partial charge >= 0.3 is 0 Å². The molecule has 1 aromatic carbocycles. The second-order valence-corrected chi connectivity index (χ2v) is 5.08. The smallest absolute Gasteiger partial charge is 0.249 e. The molecule has 2 rings (SSSR count). The van der Waals surface area contributed by atoms with Gasteiger partial charge in [0.05, 0.1) is 0 Å². The molecule has 19 heavy (non-hydrogen) atoms. The molecule has 4 nitrogen and oxygen atoms in total. The van der Waals surface area contributed by atoms with Gasteiger partial charge in [-0.3, -0.25) is 4.79 Å². The number of benzene rings is 1. The summed E-state index contributed by atoms with van der Waals surface area (Å²) < 4.78 is 5.46. The Kier molecular flexibility index (Phi) is 4.87. The summed E-state index contributed by atoms with van der Waals surface area (Å²) in [4.78, 5) is 12.4. The second-order valence-electron chi connectivity index (χ2n) is 4.61. The van der Waals surface area contributed by atoms with Crippen LogP contribution in [0.25, 0.3) is 0 Å². The van der Waals surface area contributed by atoms with Gasteiger partial charge in [0, 0.05) is 6.61 Å². The minimum Gasteiger partial charge on any atom is -0.391 e. The lowest BCUT2D eigenvalue weighted by atomic mass is 10.0. The highest BCUT2D eigenvalue weighted by molar-refractivity contribution is 7.80. The topological polar surface area (TPSA) is 64.3 Å². The third-order valence-electron chi connectivity index (χ3n) is 3.18. The van der Waals surface area contributed by atoms with Crippen molar-refractivity contribution in [1.29, 1.82) is 0 Å². The lowest BCUT2D eigenvalue weighted by Gasteiger charge is -2.25. The molecule has 0 saturated carbocycles. The molecule has 0 aromatic heterocycles. The highest BCUT2D eigenvalue weighted by atomic mass is 32.1. The number of amides is 1. The summed E-state index contributed by atoms with van der Waals surface area (Å²) in [6.07, 6.45) is 2.40. The Morgan fingerprint density at radius 1 is 1.37 bits per heavy atom. The molecule has 3 N–H and O–H groups in total. The van der Waals surface area contributed by atoms with E-state index < -0.39 is 6.04 Å². The molecule has 2 unspecified atom stereocenters. The van der Waals surface area contributed by atoms with Crippen LogP contribution in [0.2, 0.25) is 0 Å². The number of ether oxygens (including phenoxy) is 1. The van der Waals surface area contributed by atoms with Gasteiger partial charge in [-0.2, -0.15) is 0 Å². The number of nitrogens with one attached hydrogen (secondary N) is 1. The lowest BCUT2D eigenvalue weighted by molar-refractivity contribution is -0.135. The fraction of sp³-hybridized carbons (Fsp3) is 0.429. The van der Waals surface area contributed by atoms with E-state index in [0.29, 0.717) is 6.61 Å². The normalized spacial score (nSPS) is 20.5. The molecule has 0 spiro atoms. The molecule has 1 aliphatic heterocycles. The molecular formula is C14H18N2O2S. The van der Waals surface area contributed by atoms with Crippen molar-refractivity contribution in [3.63, 3.8) is 0 Å². The van der Waals surface area contributed by atoms with Crippen LogP contribution in [-0.2, 0) is 9.53 Å². The first kappa shape index (κ1) is 14.0. The van der Waals surface area contributed by atoms with Crippen LogP contribution in [0.4, 0.5) is 0 Å². The van der Waals surface area contributed by atoms with E-state index in [1.165, 1.54) is 0 Å². The molecule has 0 radical (unpaired) electrons. The van der Waals surface area contributed by atoms with Crippen molar-refractivity contribution in [3.05, 3.63) is 35.9 Å². The van der Waals surface area contributed by atoms with Crippen LogP contribution >= 0.6 is 12.2 Å². The molecule has 2 atom stereocenters. The second kappa shape index (κ2) is 6.63. The quantitative estimate of drug-likeness (QED) is 0.823. The van der Waals surface area contributed by atoms with Gasteiger partial charge in [-0.15, -0.1) is 0 Å². The Bertz CT molecular complexity index is 444. The van der Waals surface area contributed by atoms with Gasteiger partial charge in [-0.05, 0) is 24.8 Å². The molecule has 0 bridgehead atoms. The van der Waals surface area contributed by atoms with E-state index in [4.69, 9.17) is 22.7 Å². The van der Waals surface area contributed by atoms with Crippen LogP contribution in [0.5, 0.6) is 0 Å². The number of rotatable bonds is 4. The highest BCUT2D eigenvalue weighted by Gasteiger charge is 2.25. The van der Waals surface area contributed by atoms with Crippen LogP contribution in [-0.4, -0.2) is 23.6 Å². The number of carbonyl (C=O) groups is 1. The monoisotopic (exact) mass is 278 g/mol. The van der Waals surface area contributed by atoms with E-state index in [-0.39, 0.29) is 17.0 Å². The Morgan fingerprint density at radius 2 is 2.11 bits per heavy atom. The molecule has 1 amide bonds. The van der Waals surface area contributed by atoms with E-state index in [1.54, 1.807) is 0 Å². The largest absolute Gasteiger partial charge is 0.391 e. The van der Waals surface area contributed by atoms with Crippen LogP contribution in [0, 0.1) is 0 Å². The third kappa shape index (κ3) is 3.75. The molecule has 5 heteroatoms. The van der Waals surface area contributed by atoms with E-state index in [0.717, 1.165) is 24.8 Å². The summed E-state index contributed by atoms with van der Waals surface area (Å²) >= 11 is 5.04. The number of hydrogen-bond acceptors (Lipinski definition) is 3. The Balaban J connectivity index is 2.04. The standard InChI is InChI=1S/C14H18N2O2S/c15-13(19)12(10-6-2-1-3-7-10)16-14(17)11-8-4-5-9-18-11/h1-3,6-7,11-12H,4-5,8-9H2,(H2,15,19)(H,16,17). The zero-order valence-corrected chi connectivity index (χ0v) is 11.5. The number of thiocarbonyl (C=S) groups is 1. The van der Waals surface area contributed by atoms with E-state index in [2.05, 4.69) is 5.32 Å². The van der Waals surface area contributed by atoms with Crippen molar-refractivity contribution in [1.82, 2.24) is 5.32 Å². The van der Waals surface area contributed by atoms with Crippen LogP contribution in [0.1, 0.15) is 30.9 Å². The Labute approximate surface area is 118 Å². The highest BCUT2D eigenvalue weighted by Crippen LogP contribution is 2.16. The van der Waals surface area contributed by atoms with Crippen LogP contribution < -0.4 is 11.1 Å². The summed E-state index contributed by atoms with van der Waals surface area (Å²) in [5.41, 5.74) is 6.61. The molecule has 1 aliphatic rings. The Morgan fingerprint density at radius 3 is 2.68 bits per heavy atom. The lowest BCUT2D eigenvalue weighted by Crippen LogP contribution is -2.43. The maximum atomic E-state index is 12.1. The maximum absolute atomic E-state index is 12.1. The average Bonchev–Trinajstić information content (AvgIpc) is 2.46. The molecule has 102 valence electrons. The number of hydrogen-bond donors (Lipinski definition) is 2. The summed E-state index contributed by atoms with van der Waals surface area (Å²) in [7, 11) is 0. The van der Waals surface area contributed by atoms with Crippen LogP contribution in [0.15, 0.2) is 30.3 Å². The first-order chi connectivity index (χ1) is 9.18. The zero-order valence-electron chi connectivity index (χ0n) is 10.7. The van der Waals surface area contributed by atoms with Gasteiger partial charge in [0.15, 0.2) is 0 Å². The molecule has 0 aliphatic carbocycles. The minimum atomic E-state index is -0.436. The SMILES string of the molecule is NC(=S)C(NC(=O)C1CCCCO1)c1ccccc1. The Hall–Kier alpha value is -1.46. The number of nitrogens with two attached hydrogens (primary N) is 1. The average molecular weight is 278 g/mol. The minimum absolute atomic E-state index is 0.138. The van der Waals surface area contributed by atoms with Gasteiger partial charge in [0.2, 0.25) is 5.91 Å². The zero-order chi connectivity index (χ0) is 13.7. The first-order valence-electron chi connectivity index (χ1n) is 6.44. The predicted molar refractivity (Wildman–Crippen MR) is 77.7 cm³/mol. The van der Waals surface area contributed by atoms with Crippen molar-refractivity contribution < 1.29 is 9.53 Å². The van der Waals surface area contributed by atoms with Gasteiger partial charge in [0.1, 0.15) is 17.1 Å². The van der Waals surface area contributed by atoms with Crippen molar-refractivity contribution >= 4 is 23.1 Å². The predicted octanol–water partition coefficient (Wildman–Crippen LogP) is 1.70. The van der Waals surface area contributed by atoms with Crippen molar-refractivity contribution in [3.8, 4) is 0 Å². The van der Waals surface area contributed by atoms with E-state index in [9.17, 15) is 4.79 Å². The van der Waals surface area contributed by atoms with E-state index >= 15 is 0 Å². The fourth-order valence-electron chi connectivity index (χ4n) is 2.15. The molecular weight excluding hydrogens is 260 g/mol. The summed E-state index contributed by atoms with van der Waals surface area (Å²) in [6, 6.07) is 9.05. The van der Waals surface area contributed by atoms with Gasteiger partial charge in [-0.1, -0.05) is 42.5 Å². The summed E-state index contributed by atoms with van der Waals surface area (Å²) in [5.74, 6) is -0.138. The van der Waals surface area contributed by atoms with Crippen LogP contribution in [0.3, 0.4) is 0 Å². The maximum Gasteiger partial charge on any atom is 0.249 e. The third-order valence-corrected chi connectivity index (χ3v) is 3.41. The molecule has 1 saturated heterocycles. The molecule has 1 fully saturated rings. The summed E-state index contributed by atoms with van der Waals surface area (Å²) in [5, 5.41) is 2.87. The van der Waals surface area contributed by atoms with Crippen molar-refractivity contribution in [2.24, 2.45) is 5.73 Å². The van der Waals surface area contributed by atoms with Gasteiger partial charge in [0.25, 0.3) is 0 Å². The van der Waals surface area contributed by atoms with Crippen molar-refractivity contribution in [2.75, 3.05) is 6.61 Å². The molecule has 1 heterocycles. The summed E-state index contributed by atoms with van der Waals surface area (Å²) in [6.45, 7) is 0.640. The van der Waals surface area contributed by atoms with E-state index in [1.807, 2.05) is 30.3 Å².